The molecule has 0 heterocycles. The van der Waals surface area contributed by atoms with Crippen molar-refractivity contribution >= 4 is 16.6 Å². The number of aliphatic hydroxyl groups excluding tert-OH is 1. The molecule has 0 spiro atoms. The van der Waals surface area contributed by atoms with E-state index in [1.807, 2.05) is 12.1 Å². The monoisotopic (exact) mass is 509 g/mol. The fourth-order valence-electron chi connectivity index (χ4n) is 2.30. The van der Waals surface area contributed by atoms with E-state index in [-0.39, 0.29) is 31.6 Å². The van der Waals surface area contributed by atoms with Crippen LogP contribution < -0.4 is 0 Å². The fraction of sp³-hybridized carbons (Fsp3) is 0.136. The molecule has 25 heavy (non-hydrogen) atoms. The molecule has 3 heteroatoms. The first-order valence-electron chi connectivity index (χ1n) is 7.73. The van der Waals surface area contributed by atoms with Gasteiger partial charge in [-0.1, -0.05) is 30.5 Å². The Morgan fingerprint density at radius 2 is 1.76 bits per heavy atom. The SMILES string of the molecule is CC(=O)/C=C(/C)O.Cc1cc[c-]c(-c2[c-]c3ccccc3cc2)c1.[Ir]. The van der Waals surface area contributed by atoms with Crippen LogP contribution in [-0.4, -0.2) is 10.9 Å². The zero-order valence-corrected chi connectivity index (χ0v) is 16.9. The molecule has 0 amide bonds. The molecule has 0 bridgehead atoms. The van der Waals surface area contributed by atoms with Gasteiger partial charge in [0, 0.05) is 26.2 Å². The van der Waals surface area contributed by atoms with E-state index in [2.05, 4.69) is 61.5 Å². The molecule has 0 atom stereocenters. The number of ketones is 1. The maximum absolute atomic E-state index is 10.0. The maximum atomic E-state index is 10.0. The summed E-state index contributed by atoms with van der Waals surface area (Å²) in [6.07, 6.45) is 1.17. The molecule has 0 aliphatic carbocycles. The van der Waals surface area contributed by atoms with E-state index in [1.165, 1.54) is 30.9 Å². The molecule has 0 aromatic heterocycles. The molecule has 3 aromatic rings. The number of hydrogen-bond donors (Lipinski definition) is 1. The molecule has 0 saturated carbocycles. The van der Waals surface area contributed by atoms with Gasteiger partial charge >= 0.3 is 0 Å². The van der Waals surface area contributed by atoms with Crippen molar-refractivity contribution in [2.24, 2.45) is 0 Å². The Kier molecular flexibility index (Phi) is 8.27. The van der Waals surface area contributed by atoms with Gasteiger partial charge in [0.05, 0.1) is 5.76 Å². The van der Waals surface area contributed by atoms with Crippen LogP contribution in [0.15, 0.2) is 66.4 Å². The van der Waals surface area contributed by atoms with E-state index in [9.17, 15) is 4.79 Å². The average Bonchev–Trinajstić information content (AvgIpc) is 2.54. The Morgan fingerprint density at radius 3 is 2.36 bits per heavy atom. The zero-order valence-electron chi connectivity index (χ0n) is 14.5. The number of rotatable bonds is 2. The molecule has 3 rings (SSSR count). The Bertz CT molecular complexity index is 878. The van der Waals surface area contributed by atoms with Gasteiger partial charge in [0.15, 0.2) is 5.78 Å². The second-order valence-corrected chi connectivity index (χ2v) is 5.64. The van der Waals surface area contributed by atoms with Gasteiger partial charge in [-0.3, -0.25) is 4.79 Å². The third-order valence-corrected chi connectivity index (χ3v) is 3.32. The van der Waals surface area contributed by atoms with Gasteiger partial charge in [-0.2, -0.15) is 35.9 Å². The first kappa shape index (κ1) is 20.8. The smallest absolute Gasteiger partial charge is 0.155 e. The summed E-state index contributed by atoms with van der Waals surface area (Å²) in [7, 11) is 0. The summed E-state index contributed by atoms with van der Waals surface area (Å²) in [6, 6.07) is 25.4. The summed E-state index contributed by atoms with van der Waals surface area (Å²) in [5, 5.41) is 10.7. The summed E-state index contributed by atoms with van der Waals surface area (Å²) in [4.78, 5) is 10.0. The standard InChI is InChI=1S/C17H12.C5H8O2.Ir/c1-13-5-4-8-15(11-13)17-10-9-14-6-2-3-7-16(14)12-17;1-4(6)3-5(2)7;/h2-7,9-11H,1H3;3,6H,1-2H3;/q-2;;/b;4-3-;. The van der Waals surface area contributed by atoms with Crippen LogP contribution in [0.2, 0.25) is 0 Å². The van der Waals surface area contributed by atoms with E-state index < -0.39 is 0 Å². The number of hydrogen-bond acceptors (Lipinski definition) is 2. The van der Waals surface area contributed by atoms with E-state index >= 15 is 0 Å². The maximum Gasteiger partial charge on any atom is 0.155 e. The minimum absolute atomic E-state index is 0. The molecular formula is C22H20IrO2-2. The van der Waals surface area contributed by atoms with Crippen molar-refractivity contribution in [2.45, 2.75) is 20.8 Å². The molecular weight excluding hydrogens is 488 g/mol. The van der Waals surface area contributed by atoms with Gasteiger partial charge in [0.1, 0.15) is 0 Å². The molecule has 1 N–H and O–H groups in total. The summed E-state index contributed by atoms with van der Waals surface area (Å²) in [5.74, 6) is -0.0625. The average molecular weight is 509 g/mol. The number of aryl methyl sites for hydroxylation is 1. The summed E-state index contributed by atoms with van der Waals surface area (Å²) in [5.41, 5.74) is 3.46. The van der Waals surface area contributed by atoms with Crippen LogP contribution in [0.1, 0.15) is 19.4 Å². The number of allylic oxidation sites excluding steroid dienone is 2. The zero-order chi connectivity index (χ0) is 17.5. The van der Waals surface area contributed by atoms with Gasteiger partial charge in [0.25, 0.3) is 0 Å². The Hall–Kier alpha value is -2.22. The van der Waals surface area contributed by atoms with Gasteiger partial charge in [-0.05, 0) is 13.8 Å². The van der Waals surface area contributed by atoms with Crippen molar-refractivity contribution in [3.8, 4) is 11.1 Å². The summed E-state index contributed by atoms with van der Waals surface area (Å²) >= 11 is 0. The van der Waals surface area contributed by atoms with Crippen molar-refractivity contribution in [1.82, 2.24) is 0 Å². The third-order valence-electron chi connectivity index (χ3n) is 3.32. The quantitative estimate of drug-likeness (QED) is 0.284. The number of carbonyl (C=O) groups is 1. The molecule has 0 unspecified atom stereocenters. The van der Waals surface area contributed by atoms with Gasteiger partial charge in [-0.15, -0.1) is 29.1 Å². The van der Waals surface area contributed by atoms with Crippen molar-refractivity contribution in [1.29, 1.82) is 0 Å². The minimum Gasteiger partial charge on any atom is -0.512 e. The predicted octanol–water partition coefficient (Wildman–Crippen LogP) is 5.45. The van der Waals surface area contributed by atoms with Crippen molar-refractivity contribution in [3.05, 3.63) is 84.1 Å². The molecule has 0 saturated heterocycles. The van der Waals surface area contributed by atoms with Crippen LogP contribution >= 0.6 is 0 Å². The fourth-order valence-corrected chi connectivity index (χ4v) is 2.30. The topological polar surface area (TPSA) is 37.3 Å². The second-order valence-electron chi connectivity index (χ2n) is 5.64. The molecule has 0 fully saturated rings. The van der Waals surface area contributed by atoms with Crippen LogP contribution in [0.25, 0.3) is 21.9 Å². The van der Waals surface area contributed by atoms with Crippen molar-refractivity contribution in [2.75, 3.05) is 0 Å². The van der Waals surface area contributed by atoms with E-state index in [1.54, 1.807) is 0 Å². The number of aliphatic hydroxyl groups is 1. The van der Waals surface area contributed by atoms with Crippen LogP contribution in [0.5, 0.6) is 0 Å². The van der Waals surface area contributed by atoms with Gasteiger partial charge in [-0.25, -0.2) is 5.56 Å². The molecule has 0 aliphatic rings. The Labute approximate surface area is 162 Å². The van der Waals surface area contributed by atoms with E-state index in [0.29, 0.717) is 0 Å². The molecule has 1 radical (unpaired) electrons. The van der Waals surface area contributed by atoms with E-state index in [4.69, 9.17) is 5.11 Å². The third kappa shape index (κ3) is 6.66. The molecule has 0 aliphatic heterocycles. The molecule has 131 valence electrons. The normalized spacial score (nSPS) is 10.4. The van der Waals surface area contributed by atoms with Crippen LogP contribution in [-0.2, 0) is 24.9 Å². The summed E-state index contributed by atoms with van der Waals surface area (Å²) < 4.78 is 0. The van der Waals surface area contributed by atoms with Crippen molar-refractivity contribution in [3.63, 3.8) is 0 Å². The predicted molar refractivity (Wildman–Crippen MR) is 98.9 cm³/mol. The van der Waals surface area contributed by atoms with E-state index in [0.717, 1.165) is 16.5 Å². The van der Waals surface area contributed by atoms with Crippen LogP contribution in [0.4, 0.5) is 0 Å². The van der Waals surface area contributed by atoms with Gasteiger partial charge < -0.3 is 5.11 Å². The van der Waals surface area contributed by atoms with Crippen LogP contribution in [0.3, 0.4) is 0 Å². The minimum atomic E-state index is -0.125. The van der Waals surface area contributed by atoms with Crippen LogP contribution in [0, 0.1) is 19.1 Å². The summed E-state index contributed by atoms with van der Waals surface area (Å²) in [6.45, 7) is 4.94. The number of benzene rings is 3. The molecule has 2 nitrogen and oxygen atoms in total. The second kappa shape index (κ2) is 9.93. The molecule has 3 aromatic carbocycles. The number of carbonyl (C=O) groups excluding carboxylic acids is 1. The van der Waals surface area contributed by atoms with Gasteiger partial charge in [0.2, 0.25) is 0 Å². The number of fused-ring (bicyclic) bond motifs is 1. The largest absolute Gasteiger partial charge is 0.512 e. The first-order valence-corrected chi connectivity index (χ1v) is 7.73. The first-order chi connectivity index (χ1) is 11.5. The Morgan fingerprint density at radius 1 is 1.04 bits per heavy atom. The Balaban J connectivity index is 0.000000339. The van der Waals surface area contributed by atoms with Crippen molar-refractivity contribution < 1.29 is 30.0 Å².